The molecule has 0 saturated carbocycles. The van der Waals surface area contributed by atoms with Gasteiger partial charge in [-0.25, -0.2) is 0 Å². The van der Waals surface area contributed by atoms with Gasteiger partial charge in [-0.15, -0.1) is 11.6 Å². The fourth-order valence-electron chi connectivity index (χ4n) is 3.09. The van der Waals surface area contributed by atoms with Gasteiger partial charge in [-0.1, -0.05) is 26.0 Å². The predicted octanol–water partition coefficient (Wildman–Crippen LogP) is 3.95. The first kappa shape index (κ1) is 14.7. The Balaban J connectivity index is 1.93. The zero-order chi connectivity index (χ0) is 13.8. The molecule has 1 aliphatic heterocycles. The normalized spacial score (nSPS) is 26.1. The number of benzene rings is 1. The van der Waals surface area contributed by atoms with Gasteiger partial charge in [-0.05, 0) is 36.0 Å². The van der Waals surface area contributed by atoms with Crippen LogP contribution in [0.15, 0.2) is 24.3 Å². The molecule has 1 heterocycles. The number of ether oxygens (including phenoxy) is 1. The second-order valence-corrected chi connectivity index (χ2v) is 6.43. The quantitative estimate of drug-likeness (QED) is 0.775. The lowest BCUT2D eigenvalue weighted by atomic mass is 9.91. The van der Waals surface area contributed by atoms with Crippen molar-refractivity contribution in [3.8, 4) is 5.75 Å². The highest BCUT2D eigenvalue weighted by molar-refractivity contribution is 6.21. The van der Waals surface area contributed by atoms with Gasteiger partial charge in [0.05, 0.1) is 12.5 Å². The van der Waals surface area contributed by atoms with Crippen LogP contribution in [0.2, 0.25) is 0 Å². The largest absolute Gasteiger partial charge is 0.497 e. The number of rotatable bonds is 4. The second-order valence-electron chi connectivity index (χ2n) is 5.91. The summed E-state index contributed by atoms with van der Waals surface area (Å²) in [6.07, 6.45) is 1.34. The van der Waals surface area contributed by atoms with Gasteiger partial charge in [0.15, 0.2) is 0 Å². The number of piperidine rings is 1. The topological polar surface area (TPSA) is 12.5 Å². The summed E-state index contributed by atoms with van der Waals surface area (Å²) in [5, 5.41) is 0.0587. The van der Waals surface area contributed by atoms with Crippen LogP contribution in [0.4, 0.5) is 0 Å². The monoisotopic (exact) mass is 281 g/mol. The van der Waals surface area contributed by atoms with Crippen LogP contribution in [-0.2, 0) is 0 Å². The molecule has 0 N–H and O–H groups in total. The van der Waals surface area contributed by atoms with E-state index in [-0.39, 0.29) is 5.38 Å². The summed E-state index contributed by atoms with van der Waals surface area (Å²) in [7, 11) is 1.68. The summed E-state index contributed by atoms with van der Waals surface area (Å²) in [5.41, 5.74) is 1.17. The van der Waals surface area contributed by atoms with Crippen molar-refractivity contribution in [2.75, 3.05) is 26.7 Å². The maximum absolute atomic E-state index is 6.55. The maximum atomic E-state index is 6.55. The lowest BCUT2D eigenvalue weighted by Crippen LogP contribution is -2.40. The summed E-state index contributed by atoms with van der Waals surface area (Å²) < 4.78 is 5.17. The highest BCUT2D eigenvalue weighted by Crippen LogP contribution is 2.27. The van der Waals surface area contributed by atoms with Gasteiger partial charge in [-0.3, -0.25) is 0 Å². The van der Waals surface area contributed by atoms with Gasteiger partial charge >= 0.3 is 0 Å². The van der Waals surface area contributed by atoms with Gasteiger partial charge in [0.2, 0.25) is 0 Å². The molecule has 0 radical (unpaired) electrons. The van der Waals surface area contributed by atoms with E-state index in [1.165, 1.54) is 25.1 Å². The smallest absolute Gasteiger partial charge is 0.118 e. The van der Waals surface area contributed by atoms with Crippen LogP contribution >= 0.6 is 11.6 Å². The summed E-state index contributed by atoms with van der Waals surface area (Å²) in [5.74, 6) is 2.44. The van der Waals surface area contributed by atoms with Crippen molar-refractivity contribution >= 4 is 11.6 Å². The Hall–Kier alpha value is -0.730. The van der Waals surface area contributed by atoms with Crippen molar-refractivity contribution in [2.24, 2.45) is 11.8 Å². The molecule has 0 aromatic heterocycles. The molecule has 106 valence electrons. The first-order valence-electron chi connectivity index (χ1n) is 7.09. The number of alkyl halides is 1. The number of halogens is 1. The first-order chi connectivity index (χ1) is 9.08. The molecule has 0 amide bonds. The average molecular weight is 282 g/mol. The number of likely N-dealkylation sites (tertiary alicyclic amines) is 1. The minimum absolute atomic E-state index is 0.0587. The fraction of sp³-hybridized carbons (Fsp3) is 0.625. The predicted molar refractivity (Wildman–Crippen MR) is 81.0 cm³/mol. The molecule has 0 bridgehead atoms. The van der Waals surface area contributed by atoms with Crippen LogP contribution in [0.1, 0.15) is 31.2 Å². The Labute approximate surface area is 121 Å². The van der Waals surface area contributed by atoms with E-state index in [1.54, 1.807) is 7.11 Å². The molecular formula is C16H24ClNO. The third kappa shape index (κ3) is 4.12. The van der Waals surface area contributed by atoms with Crippen molar-refractivity contribution in [2.45, 2.75) is 25.6 Å². The van der Waals surface area contributed by atoms with Gasteiger partial charge in [0.1, 0.15) is 5.75 Å². The van der Waals surface area contributed by atoms with Crippen molar-refractivity contribution in [1.29, 1.82) is 0 Å². The molecule has 1 saturated heterocycles. The fourth-order valence-corrected chi connectivity index (χ4v) is 3.43. The van der Waals surface area contributed by atoms with Gasteiger partial charge in [0, 0.05) is 19.6 Å². The molecule has 1 aromatic rings. The summed E-state index contributed by atoms with van der Waals surface area (Å²) in [4.78, 5) is 2.50. The van der Waals surface area contributed by atoms with Crippen LogP contribution < -0.4 is 4.74 Å². The summed E-state index contributed by atoms with van der Waals surface area (Å²) >= 11 is 6.55. The molecule has 1 aromatic carbocycles. The molecule has 3 heteroatoms. The Morgan fingerprint density at radius 1 is 1.21 bits per heavy atom. The first-order valence-corrected chi connectivity index (χ1v) is 7.52. The Bertz CT molecular complexity index is 382. The van der Waals surface area contributed by atoms with Crippen molar-refractivity contribution in [3.63, 3.8) is 0 Å². The van der Waals surface area contributed by atoms with E-state index in [2.05, 4.69) is 30.9 Å². The molecule has 2 rings (SSSR count). The van der Waals surface area contributed by atoms with Crippen LogP contribution in [-0.4, -0.2) is 31.6 Å². The summed E-state index contributed by atoms with van der Waals surface area (Å²) in [6.45, 7) is 7.94. The van der Waals surface area contributed by atoms with E-state index >= 15 is 0 Å². The van der Waals surface area contributed by atoms with E-state index < -0.39 is 0 Å². The lowest BCUT2D eigenvalue weighted by Gasteiger charge is -2.36. The van der Waals surface area contributed by atoms with E-state index in [0.717, 1.165) is 24.1 Å². The SMILES string of the molecule is COc1ccc(C(Cl)CN2CC(C)CC(C)C2)cc1. The van der Waals surface area contributed by atoms with Crippen molar-refractivity contribution in [1.82, 2.24) is 4.90 Å². The van der Waals surface area contributed by atoms with Gasteiger partial charge in [0.25, 0.3) is 0 Å². The van der Waals surface area contributed by atoms with Gasteiger partial charge in [-0.2, -0.15) is 0 Å². The van der Waals surface area contributed by atoms with E-state index in [0.29, 0.717) is 0 Å². The highest BCUT2D eigenvalue weighted by Gasteiger charge is 2.23. The molecule has 3 atom stereocenters. The van der Waals surface area contributed by atoms with Crippen LogP contribution in [0, 0.1) is 11.8 Å². The third-order valence-electron chi connectivity index (χ3n) is 3.84. The number of hydrogen-bond acceptors (Lipinski definition) is 2. The average Bonchev–Trinajstić information content (AvgIpc) is 2.37. The molecule has 19 heavy (non-hydrogen) atoms. The molecule has 2 nitrogen and oxygen atoms in total. The standard InChI is InChI=1S/C16H24ClNO/c1-12-8-13(2)10-18(9-12)11-16(17)14-4-6-15(19-3)7-5-14/h4-7,12-13,16H,8-11H2,1-3H3. The third-order valence-corrected chi connectivity index (χ3v) is 4.23. The lowest BCUT2D eigenvalue weighted by molar-refractivity contribution is 0.141. The molecule has 3 unspecified atom stereocenters. The van der Waals surface area contributed by atoms with Gasteiger partial charge < -0.3 is 9.64 Å². The minimum atomic E-state index is 0.0587. The second kappa shape index (κ2) is 6.62. The number of hydrogen-bond donors (Lipinski definition) is 0. The molecule has 1 aliphatic rings. The highest BCUT2D eigenvalue weighted by atomic mass is 35.5. The Morgan fingerprint density at radius 2 is 1.79 bits per heavy atom. The van der Waals surface area contributed by atoms with Crippen LogP contribution in [0.3, 0.4) is 0 Å². The van der Waals surface area contributed by atoms with Crippen LogP contribution in [0.5, 0.6) is 5.75 Å². The van der Waals surface area contributed by atoms with Crippen molar-refractivity contribution in [3.05, 3.63) is 29.8 Å². The van der Waals surface area contributed by atoms with E-state index in [4.69, 9.17) is 16.3 Å². The Kier molecular flexibility index (Phi) is 5.12. The number of methoxy groups -OCH3 is 1. The molecule has 0 aliphatic carbocycles. The zero-order valence-electron chi connectivity index (χ0n) is 12.1. The number of nitrogens with zero attached hydrogens (tertiary/aromatic N) is 1. The molecular weight excluding hydrogens is 258 g/mol. The summed E-state index contributed by atoms with van der Waals surface area (Å²) in [6, 6.07) is 8.08. The minimum Gasteiger partial charge on any atom is -0.497 e. The molecule has 1 fully saturated rings. The van der Waals surface area contributed by atoms with Crippen molar-refractivity contribution < 1.29 is 4.74 Å². The van der Waals surface area contributed by atoms with E-state index in [1.807, 2.05) is 12.1 Å². The maximum Gasteiger partial charge on any atom is 0.118 e. The molecule has 0 spiro atoms. The van der Waals surface area contributed by atoms with Crippen LogP contribution in [0.25, 0.3) is 0 Å². The Morgan fingerprint density at radius 3 is 2.32 bits per heavy atom. The zero-order valence-corrected chi connectivity index (χ0v) is 12.9. The van der Waals surface area contributed by atoms with E-state index in [9.17, 15) is 0 Å².